The second-order valence-electron chi connectivity index (χ2n) is 4.93. The standard InChI is InChI=1S/C17H13NO4/c1-10-6-8-11(9-7-10)16(19)18-14-12-4-2-3-5-13(12)22-15(14)17(20)21/h2-9H,1H3,(H,18,19)(H,20,21). The topological polar surface area (TPSA) is 79.5 Å². The van der Waals surface area contributed by atoms with Crippen molar-refractivity contribution >= 4 is 28.5 Å². The summed E-state index contributed by atoms with van der Waals surface area (Å²) in [4.78, 5) is 23.6. The van der Waals surface area contributed by atoms with Crippen LogP contribution in [-0.2, 0) is 0 Å². The minimum atomic E-state index is -1.23. The SMILES string of the molecule is Cc1ccc(C(=O)Nc2c(C(=O)O)oc3ccccc23)cc1. The number of aryl methyl sites for hydroxylation is 1. The molecule has 0 bridgehead atoms. The Morgan fingerprint density at radius 1 is 1.05 bits per heavy atom. The zero-order valence-electron chi connectivity index (χ0n) is 11.8. The van der Waals surface area contributed by atoms with E-state index < -0.39 is 5.97 Å². The van der Waals surface area contributed by atoms with E-state index in [0.717, 1.165) is 5.56 Å². The smallest absolute Gasteiger partial charge is 0.374 e. The van der Waals surface area contributed by atoms with Crippen LogP contribution >= 0.6 is 0 Å². The predicted octanol–water partition coefficient (Wildman–Crippen LogP) is 3.69. The van der Waals surface area contributed by atoms with Crippen LogP contribution in [0.3, 0.4) is 0 Å². The minimum Gasteiger partial charge on any atom is -0.475 e. The zero-order chi connectivity index (χ0) is 15.7. The molecule has 0 unspecified atom stereocenters. The highest BCUT2D eigenvalue weighted by Gasteiger charge is 2.21. The van der Waals surface area contributed by atoms with Crippen molar-refractivity contribution in [3.05, 3.63) is 65.4 Å². The Morgan fingerprint density at radius 3 is 2.41 bits per heavy atom. The number of amides is 1. The van der Waals surface area contributed by atoms with Crippen LogP contribution in [0, 0.1) is 6.92 Å². The summed E-state index contributed by atoms with van der Waals surface area (Å²) in [5.41, 5.74) is 2.08. The van der Waals surface area contributed by atoms with Crippen molar-refractivity contribution in [2.75, 3.05) is 5.32 Å². The Labute approximate surface area is 126 Å². The number of hydrogen-bond donors (Lipinski definition) is 2. The second kappa shape index (κ2) is 5.37. The van der Waals surface area contributed by atoms with Crippen molar-refractivity contribution in [2.24, 2.45) is 0 Å². The molecule has 0 aliphatic rings. The summed E-state index contributed by atoms with van der Waals surface area (Å²) in [5, 5.41) is 12.4. The number of fused-ring (bicyclic) bond motifs is 1. The van der Waals surface area contributed by atoms with Crippen molar-refractivity contribution in [1.82, 2.24) is 0 Å². The zero-order valence-corrected chi connectivity index (χ0v) is 11.8. The summed E-state index contributed by atoms with van der Waals surface area (Å²) in [5.74, 6) is -1.88. The van der Waals surface area contributed by atoms with Crippen LogP contribution in [0.2, 0.25) is 0 Å². The Hall–Kier alpha value is -3.08. The van der Waals surface area contributed by atoms with Crippen molar-refractivity contribution < 1.29 is 19.1 Å². The van der Waals surface area contributed by atoms with Crippen molar-refractivity contribution in [1.29, 1.82) is 0 Å². The van der Waals surface area contributed by atoms with Gasteiger partial charge in [-0.1, -0.05) is 29.8 Å². The summed E-state index contributed by atoms with van der Waals surface area (Å²) >= 11 is 0. The molecular formula is C17H13NO4. The Kier molecular flexibility index (Phi) is 3.39. The fraction of sp³-hybridized carbons (Fsp3) is 0.0588. The lowest BCUT2D eigenvalue weighted by atomic mass is 10.1. The maximum absolute atomic E-state index is 12.3. The molecule has 3 aromatic rings. The number of aromatic carboxylic acids is 1. The van der Waals surface area contributed by atoms with Crippen LogP contribution in [0.4, 0.5) is 5.69 Å². The molecular weight excluding hydrogens is 282 g/mol. The average molecular weight is 295 g/mol. The number of carboxylic acids is 1. The molecule has 1 aromatic heterocycles. The van der Waals surface area contributed by atoms with Gasteiger partial charge >= 0.3 is 5.97 Å². The number of rotatable bonds is 3. The van der Waals surface area contributed by atoms with Gasteiger partial charge in [0.25, 0.3) is 5.91 Å². The van der Waals surface area contributed by atoms with E-state index in [4.69, 9.17) is 4.42 Å². The normalized spacial score (nSPS) is 10.6. The van der Waals surface area contributed by atoms with Crippen LogP contribution in [-0.4, -0.2) is 17.0 Å². The van der Waals surface area contributed by atoms with Gasteiger partial charge in [-0.25, -0.2) is 4.79 Å². The summed E-state index contributed by atoms with van der Waals surface area (Å²) in [6.07, 6.45) is 0. The maximum atomic E-state index is 12.3. The lowest BCUT2D eigenvalue weighted by Gasteiger charge is -2.05. The quantitative estimate of drug-likeness (QED) is 0.772. The van der Waals surface area contributed by atoms with Crippen LogP contribution in [0.5, 0.6) is 0 Å². The van der Waals surface area contributed by atoms with E-state index in [1.54, 1.807) is 36.4 Å². The molecule has 5 nitrogen and oxygen atoms in total. The van der Waals surface area contributed by atoms with Gasteiger partial charge in [-0.2, -0.15) is 0 Å². The molecule has 2 N–H and O–H groups in total. The van der Waals surface area contributed by atoms with Crippen LogP contribution in [0.15, 0.2) is 52.9 Å². The molecule has 22 heavy (non-hydrogen) atoms. The molecule has 3 rings (SSSR count). The highest BCUT2D eigenvalue weighted by Crippen LogP contribution is 2.31. The van der Waals surface area contributed by atoms with Gasteiger partial charge in [0.15, 0.2) is 0 Å². The van der Waals surface area contributed by atoms with Gasteiger partial charge in [-0.15, -0.1) is 0 Å². The summed E-state index contributed by atoms with van der Waals surface area (Å²) in [6, 6.07) is 13.9. The third kappa shape index (κ3) is 2.44. The molecule has 0 radical (unpaired) electrons. The molecule has 0 fully saturated rings. The molecule has 1 heterocycles. The van der Waals surface area contributed by atoms with Gasteiger partial charge in [-0.3, -0.25) is 4.79 Å². The number of nitrogens with one attached hydrogen (secondary N) is 1. The van der Waals surface area contributed by atoms with E-state index in [2.05, 4.69) is 5.32 Å². The molecule has 0 saturated heterocycles. The van der Waals surface area contributed by atoms with Gasteiger partial charge in [0.2, 0.25) is 5.76 Å². The van der Waals surface area contributed by atoms with Gasteiger partial charge in [-0.05, 0) is 31.2 Å². The Morgan fingerprint density at radius 2 is 1.73 bits per heavy atom. The highest BCUT2D eigenvalue weighted by molar-refractivity contribution is 6.13. The molecule has 0 aliphatic heterocycles. The van der Waals surface area contributed by atoms with Gasteiger partial charge in [0.1, 0.15) is 11.3 Å². The number of furan rings is 1. The highest BCUT2D eigenvalue weighted by atomic mass is 16.4. The van der Waals surface area contributed by atoms with Gasteiger partial charge in [0, 0.05) is 10.9 Å². The fourth-order valence-corrected chi connectivity index (χ4v) is 2.21. The fourth-order valence-electron chi connectivity index (χ4n) is 2.21. The molecule has 0 aliphatic carbocycles. The monoisotopic (exact) mass is 295 g/mol. The van der Waals surface area contributed by atoms with E-state index in [-0.39, 0.29) is 17.4 Å². The number of carbonyl (C=O) groups is 2. The Balaban J connectivity index is 2.02. The van der Waals surface area contributed by atoms with Gasteiger partial charge in [0.05, 0.1) is 0 Å². The first-order valence-electron chi connectivity index (χ1n) is 6.69. The van der Waals surface area contributed by atoms with E-state index in [1.807, 2.05) is 19.1 Å². The van der Waals surface area contributed by atoms with Gasteiger partial charge < -0.3 is 14.8 Å². The number of anilines is 1. The summed E-state index contributed by atoms with van der Waals surface area (Å²) < 4.78 is 5.30. The maximum Gasteiger partial charge on any atom is 0.374 e. The van der Waals surface area contributed by atoms with Crippen molar-refractivity contribution in [3.8, 4) is 0 Å². The number of carbonyl (C=O) groups excluding carboxylic acids is 1. The minimum absolute atomic E-state index is 0.175. The van der Waals surface area contributed by atoms with Crippen LogP contribution < -0.4 is 5.32 Å². The van der Waals surface area contributed by atoms with E-state index >= 15 is 0 Å². The van der Waals surface area contributed by atoms with Crippen LogP contribution in [0.1, 0.15) is 26.5 Å². The van der Waals surface area contributed by atoms with Crippen molar-refractivity contribution in [2.45, 2.75) is 6.92 Å². The first kappa shape index (κ1) is 13.9. The molecule has 0 spiro atoms. The lowest BCUT2D eigenvalue weighted by Crippen LogP contribution is -2.13. The molecule has 110 valence electrons. The lowest BCUT2D eigenvalue weighted by molar-refractivity contribution is 0.0666. The molecule has 2 aromatic carbocycles. The third-order valence-electron chi connectivity index (χ3n) is 3.34. The number of benzene rings is 2. The molecule has 5 heteroatoms. The first-order valence-corrected chi connectivity index (χ1v) is 6.69. The summed E-state index contributed by atoms with van der Waals surface area (Å²) in [7, 11) is 0. The van der Waals surface area contributed by atoms with E-state index in [0.29, 0.717) is 16.5 Å². The molecule has 0 atom stereocenters. The number of para-hydroxylation sites is 1. The second-order valence-corrected chi connectivity index (χ2v) is 4.93. The van der Waals surface area contributed by atoms with E-state index in [9.17, 15) is 14.7 Å². The number of carboxylic acid groups (broad SMARTS) is 1. The average Bonchev–Trinajstić information content (AvgIpc) is 2.87. The largest absolute Gasteiger partial charge is 0.475 e. The first-order chi connectivity index (χ1) is 10.6. The van der Waals surface area contributed by atoms with Crippen LogP contribution in [0.25, 0.3) is 11.0 Å². The Bertz CT molecular complexity index is 862. The van der Waals surface area contributed by atoms with Crippen molar-refractivity contribution in [3.63, 3.8) is 0 Å². The molecule has 1 amide bonds. The van der Waals surface area contributed by atoms with E-state index in [1.165, 1.54) is 0 Å². The predicted molar refractivity (Wildman–Crippen MR) is 82.3 cm³/mol. The summed E-state index contributed by atoms with van der Waals surface area (Å²) in [6.45, 7) is 1.92. The number of hydrogen-bond acceptors (Lipinski definition) is 3. The third-order valence-corrected chi connectivity index (χ3v) is 3.34. The molecule has 0 saturated carbocycles.